The van der Waals surface area contributed by atoms with Crippen molar-refractivity contribution in [3.63, 3.8) is 0 Å². The van der Waals surface area contributed by atoms with Crippen molar-refractivity contribution in [1.82, 2.24) is 10.2 Å². The maximum Gasteiger partial charge on any atom is 0.272 e. The Balaban J connectivity index is 2.41. The van der Waals surface area contributed by atoms with Crippen LogP contribution < -0.4 is 16.4 Å². The van der Waals surface area contributed by atoms with Gasteiger partial charge in [0.15, 0.2) is 0 Å². The molecule has 0 aliphatic heterocycles. The summed E-state index contributed by atoms with van der Waals surface area (Å²) in [6.07, 6.45) is 3.31. The molecule has 1 unspecified atom stereocenters. The summed E-state index contributed by atoms with van der Waals surface area (Å²) in [7, 11) is 0. The van der Waals surface area contributed by atoms with Crippen molar-refractivity contribution in [3.05, 3.63) is 38.9 Å². The van der Waals surface area contributed by atoms with Crippen molar-refractivity contribution in [3.8, 4) is 0 Å². The van der Waals surface area contributed by atoms with E-state index < -0.39 is 0 Å². The van der Waals surface area contributed by atoms with Gasteiger partial charge in [0.05, 0.1) is 10.8 Å². The molecule has 2 aromatic rings. The largest absolute Gasteiger partial charge is 0.382 e. The van der Waals surface area contributed by atoms with Gasteiger partial charge < -0.3 is 5.32 Å². The molecule has 1 aromatic heterocycles. The molecule has 0 saturated heterocycles. The predicted octanol–water partition coefficient (Wildman–Crippen LogP) is 2.21. The lowest BCUT2D eigenvalue weighted by atomic mass is 10.1. The summed E-state index contributed by atoms with van der Waals surface area (Å²) < 4.78 is 0. The van der Waals surface area contributed by atoms with E-state index in [9.17, 15) is 9.59 Å². The number of aromatic nitrogens is 2. The Labute approximate surface area is 111 Å². The molecule has 3 N–H and O–H groups in total. The minimum Gasteiger partial charge on any atom is -0.382 e. The molecular formula is C14H19N3O2. The SMILES string of the molecule is CCCCC(C)Nc1cccc2c(=O)[nH][nH]c(=O)c12. The number of hydrogen-bond acceptors (Lipinski definition) is 3. The van der Waals surface area contributed by atoms with Gasteiger partial charge in [0.25, 0.3) is 11.1 Å². The van der Waals surface area contributed by atoms with Gasteiger partial charge in [-0.05, 0) is 25.5 Å². The Kier molecular flexibility index (Phi) is 4.04. The summed E-state index contributed by atoms with van der Waals surface area (Å²) in [5.41, 5.74) is 0.160. The van der Waals surface area contributed by atoms with E-state index in [0.717, 1.165) is 19.3 Å². The van der Waals surface area contributed by atoms with Gasteiger partial charge >= 0.3 is 0 Å². The number of nitrogens with one attached hydrogen (secondary N) is 3. The zero-order chi connectivity index (χ0) is 13.8. The lowest BCUT2D eigenvalue weighted by molar-refractivity contribution is 0.645. The highest BCUT2D eigenvalue weighted by Gasteiger charge is 2.09. The minimum atomic E-state index is -0.278. The van der Waals surface area contributed by atoms with E-state index in [-0.39, 0.29) is 17.2 Å². The molecule has 0 aliphatic carbocycles. The first-order valence-corrected chi connectivity index (χ1v) is 6.63. The van der Waals surface area contributed by atoms with Crippen molar-refractivity contribution in [2.24, 2.45) is 0 Å². The lowest BCUT2D eigenvalue weighted by Gasteiger charge is -2.15. The van der Waals surface area contributed by atoms with Crippen LogP contribution in [-0.2, 0) is 0 Å². The van der Waals surface area contributed by atoms with E-state index >= 15 is 0 Å². The molecule has 1 atom stereocenters. The molecule has 19 heavy (non-hydrogen) atoms. The average molecular weight is 261 g/mol. The molecule has 0 spiro atoms. The fraction of sp³-hybridized carbons (Fsp3) is 0.429. The number of unbranched alkanes of at least 4 members (excludes halogenated alkanes) is 1. The van der Waals surface area contributed by atoms with E-state index in [0.29, 0.717) is 16.5 Å². The van der Waals surface area contributed by atoms with E-state index in [1.54, 1.807) is 12.1 Å². The summed E-state index contributed by atoms with van der Waals surface area (Å²) in [4.78, 5) is 23.6. The van der Waals surface area contributed by atoms with E-state index in [1.807, 2.05) is 6.07 Å². The van der Waals surface area contributed by atoms with Crippen LogP contribution in [0, 0.1) is 0 Å². The molecule has 0 aliphatic rings. The molecule has 0 bridgehead atoms. The number of anilines is 1. The van der Waals surface area contributed by atoms with Gasteiger partial charge in [0.2, 0.25) is 0 Å². The van der Waals surface area contributed by atoms with Gasteiger partial charge in [0.1, 0.15) is 0 Å². The third-order valence-corrected chi connectivity index (χ3v) is 3.22. The van der Waals surface area contributed by atoms with Crippen LogP contribution in [0.5, 0.6) is 0 Å². The predicted molar refractivity (Wildman–Crippen MR) is 77.8 cm³/mol. The highest BCUT2D eigenvalue weighted by atomic mass is 16.1. The summed E-state index contributed by atoms with van der Waals surface area (Å²) in [6, 6.07) is 5.54. The molecule has 0 radical (unpaired) electrons. The fourth-order valence-corrected chi connectivity index (χ4v) is 2.20. The maximum absolute atomic E-state index is 11.9. The van der Waals surface area contributed by atoms with Crippen LogP contribution in [0.3, 0.4) is 0 Å². The molecule has 1 heterocycles. The van der Waals surface area contributed by atoms with Crippen molar-refractivity contribution in [2.75, 3.05) is 5.32 Å². The Bertz CT molecular complexity index is 672. The smallest absolute Gasteiger partial charge is 0.272 e. The summed E-state index contributed by atoms with van der Waals surface area (Å²) in [5.74, 6) is 0. The van der Waals surface area contributed by atoms with Crippen LogP contribution in [0.25, 0.3) is 10.8 Å². The molecule has 0 fully saturated rings. The van der Waals surface area contributed by atoms with E-state index in [4.69, 9.17) is 0 Å². The van der Waals surface area contributed by atoms with Gasteiger partial charge in [-0.1, -0.05) is 25.8 Å². The number of benzene rings is 1. The van der Waals surface area contributed by atoms with Crippen molar-refractivity contribution < 1.29 is 0 Å². The van der Waals surface area contributed by atoms with Gasteiger partial charge in [-0.15, -0.1) is 0 Å². The van der Waals surface area contributed by atoms with Crippen LogP contribution in [0.4, 0.5) is 5.69 Å². The van der Waals surface area contributed by atoms with Crippen LogP contribution >= 0.6 is 0 Å². The zero-order valence-electron chi connectivity index (χ0n) is 11.2. The van der Waals surface area contributed by atoms with Crippen LogP contribution in [0.15, 0.2) is 27.8 Å². The van der Waals surface area contributed by atoms with Gasteiger partial charge in [-0.25, -0.2) is 0 Å². The summed E-state index contributed by atoms with van der Waals surface area (Å²) in [5, 5.41) is 8.86. The third kappa shape index (κ3) is 2.86. The molecule has 5 nitrogen and oxygen atoms in total. The summed E-state index contributed by atoms with van der Waals surface area (Å²) in [6.45, 7) is 4.23. The van der Waals surface area contributed by atoms with Crippen LogP contribution in [0.1, 0.15) is 33.1 Å². The molecule has 0 saturated carbocycles. The second kappa shape index (κ2) is 5.73. The number of rotatable bonds is 5. The molecule has 102 valence electrons. The van der Waals surface area contributed by atoms with E-state index in [1.165, 1.54) is 0 Å². The van der Waals surface area contributed by atoms with Gasteiger partial charge in [0, 0.05) is 11.7 Å². The fourth-order valence-electron chi connectivity index (χ4n) is 2.20. The first-order valence-electron chi connectivity index (χ1n) is 6.63. The highest BCUT2D eigenvalue weighted by molar-refractivity contribution is 5.92. The number of fused-ring (bicyclic) bond motifs is 1. The topological polar surface area (TPSA) is 77.8 Å². The maximum atomic E-state index is 11.9. The molecule has 2 rings (SSSR count). The minimum absolute atomic E-state index is 0.268. The number of hydrogen-bond donors (Lipinski definition) is 3. The average Bonchev–Trinajstić information content (AvgIpc) is 2.41. The standard InChI is InChI=1S/C14H19N3O2/c1-3-4-6-9(2)15-11-8-5-7-10-12(11)14(19)17-16-13(10)18/h5,7-9,15H,3-4,6H2,1-2H3,(H,16,18)(H,17,19). The Hall–Kier alpha value is -2.04. The normalized spacial score (nSPS) is 12.5. The first kappa shape index (κ1) is 13.4. The van der Waals surface area contributed by atoms with E-state index in [2.05, 4.69) is 29.4 Å². The molecule has 1 aromatic carbocycles. The third-order valence-electron chi connectivity index (χ3n) is 3.22. The molecule has 0 amide bonds. The van der Waals surface area contributed by atoms with Gasteiger partial charge in [-0.3, -0.25) is 19.8 Å². The zero-order valence-corrected chi connectivity index (χ0v) is 11.2. The summed E-state index contributed by atoms with van der Waals surface area (Å²) >= 11 is 0. The highest BCUT2D eigenvalue weighted by Crippen LogP contribution is 2.18. The first-order chi connectivity index (χ1) is 9.13. The second-order valence-electron chi connectivity index (χ2n) is 4.82. The van der Waals surface area contributed by atoms with Crippen molar-refractivity contribution in [1.29, 1.82) is 0 Å². The molecular weight excluding hydrogens is 242 g/mol. The molecule has 5 heteroatoms. The lowest BCUT2D eigenvalue weighted by Crippen LogP contribution is -2.22. The number of H-pyrrole nitrogens is 2. The second-order valence-corrected chi connectivity index (χ2v) is 4.82. The van der Waals surface area contributed by atoms with Crippen molar-refractivity contribution >= 4 is 16.5 Å². The van der Waals surface area contributed by atoms with Crippen LogP contribution in [-0.4, -0.2) is 16.2 Å². The Morgan fingerprint density at radius 1 is 1.21 bits per heavy atom. The number of aromatic amines is 2. The Morgan fingerprint density at radius 2 is 1.95 bits per heavy atom. The van der Waals surface area contributed by atoms with Crippen LogP contribution in [0.2, 0.25) is 0 Å². The Morgan fingerprint density at radius 3 is 2.68 bits per heavy atom. The quantitative estimate of drug-likeness (QED) is 0.772. The monoisotopic (exact) mass is 261 g/mol. The van der Waals surface area contributed by atoms with Crippen molar-refractivity contribution in [2.45, 2.75) is 39.2 Å². The van der Waals surface area contributed by atoms with Gasteiger partial charge in [-0.2, -0.15) is 0 Å².